The molecule has 0 saturated carbocycles. The van der Waals surface area contributed by atoms with Crippen molar-refractivity contribution in [2.24, 2.45) is 0 Å². The number of fused-ring (bicyclic) bond motifs is 5. The Balaban J connectivity index is 1.74. The minimum absolute atomic E-state index is 0.0209. The molecule has 0 bridgehead atoms. The molecule has 2 atom stereocenters. The number of carbonyl (C=O) groups is 2. The van der Waals surface area contributed by atoms with E-state index in [2.05, 4.69) is 18.0 Å². The number of nitrogens with one attached hydrogen (secondary N) is 1. The van der Waals surface area contributed by atoms with Crippen LogP contribution >= 0.6 is 0 Å². The lowest BCUT2D eigenvalue weighted by atomic mass is 9.76. The molecule has 3 heterocycles. The summed E-state index contributed by atoms with van der Waals surface area (Å²) >= 11 is 0. The lowest BCUT2D eigenvalue weighted by Gasteiger charge is -2.51. The molecular weight excluding hydrogens is 442 g/mol. The molecule has 7 nitrogen and oxygen atoms in total. The van der Waals surface area contributed by atoms with Crippen molar-refractivity contribution in [3.63, 3.8) is 0 Å². The molecule has 0 aliphatic carbocycles. The Kier molecular flexibility index (Phi) is 5.95. The molecule has 2 aliphatic rings. The highest BCUT2D eigenvalue weighted by molar-refractivity contribution is 6.01. The summed E-state index contributed by atoms with van der Waals surface area (Å²) in [5.41, 5.74) is 2.66. The van der Waals surface area contributed by atoms with E-state index in [1.54, 1.807) is 16.9 Å². The predicted molar refractivity (Wildman–Crippen MR) is 135 cm³/mol. The van der Waals surface area contributed by atoms with Crippen molar-refractivity contribution in [2.75, 3.05) is 33.4 Å². The smallest absolute Gasteiger partial charge is 0.254 e. The van der Waals surface area contributed by atoms with Gasteiger partial charge in [0.15, 0.2) is 17.0 Å². The summed E-state index contributed by atoms with van der Waals surface area (Å²) in [7, 11) is 1.63. The molecule has 35 heavy (non-hydrogen) atoms. The third-order valence-corrected chi connectivity index (χ3v) is 7.49. The van der Waals surface area contributed by atoms with Crippen LogP contribution in [0.5, 0.6) is 11.5 Å². The number of hydrogen-bond acceptors (Lipinski definition) is 4. The van der Waals surface area contributed by atoms with Crippen LogP contribution in [-0.4, -0.2) is 59.9 Å². The Morgan fingerprint density at radius 3 is 2.66 bits per heavy atom. The molecule has 2 aliphatic heterocycles. The lowest BCUT2D eigenvalue weighted by Crippen LogP contribution is -2.67. The molecule has 2 aromatic carbocycles. The number of nitrogens with zero attached hydrogens (tertiary/aromatic N) is 2. The highest BCUT2D eigenvalue weighted by Crippen LogP contribution is 2.50. The Hall–Kier alpha value is -3.48. The van der Waals surface area contributed by atoms with Gasteiger partial charge in [0.1, 0.15) is 0 Å². The number of H-pyrrole nitrogens is 1. The molecule has 1 aromatic heterocycles. The second-order valence-corrected chi connectivity index (χ2v) is 9.48. The van der Waals surface area contributed by atoms with E-state index in [-0.39, 0.29) is 24.3 Å². The standard InChI is InChI=1S/C28H33N3O4/c1-5-7-15-30-17-23(32)31-16-20(18-12-10-14-22(34-4)25(18)35-6-2)24-19-11-8-9-13-21(19)29-26(24)28(31,3)27(30)33/h8-14,20,29H,5-7,15-17H2,1-4H3/t20?,28-/m0/s1. The van der Waals surface area contributed by atoms with Gasteiger partial charge in [0.2, 0.25) is 5.91 Å². The molecular formula is C28H33N3O4. The van der Waals surface area contributed by atoms with Crippen molar-refractivity contribution < 1.29 is 19.1 Å². The van der Waals surface area contributed by atoms with Gasteiger partial charge in [-0.3, -0.25) is 9.59 Å². The quantitative estimate of drug-likeness (QED) is 0.549. The minimum atomic E-state index is -1.08. The van der Waals surface area contributed by atoms with Gasteiger partial charge in [-0.2, -0.15) is 0 Å². The molecule has 0 radical (unpaired) electrons. The van der Waals surface area contributed by atoms with Crippen LogP contribution in [0.4, 0.5) is 0 Å². The predicted octanol–water partition coefficient (Wildman–Crippen LogP) is 4.41. The molecule has 1 saturated heterocycles. The maximum absolute atomic E-state index is 14.0. The summed E-state index contributed by atoms with van der Waals surface area (Å²) in [4.78, 5) is 34.6. The number of methoxy groups -OCH3 is 1. The summed E-state index contributed by atoms with van der Waals surface area (Å²) < 4.78 is 11.7. The Labute approximate surface area is 206 Å². The van der Waals surface area contributed by atoms with E-state index < -0.39 is 5.54 Å². The summed E-state index contributed by atoms with van der Waals surface area (Å²) in [5, 5.41) is 1.06. The highest BCUT2D eigenvalue weighted by atomic mass is 16.5. The van der Waals surface area contributed by atoms with Crippen LogP contribution in [0, 0.1) is 0 Å². The summed E-state index contributed by atoms with van der Waals surface area (Å²) in [5.74, 6) is 1.12. The van der Waals surface area contributed by atoms with Gasteiger partial charge in [-0.25, -0.2) is 0 Å². The second kappa shape index (κ2) is 8.95. The molecule has 0 spiro atoms. The molecule has 1 N–H and O–H groups in total. The van der Waals surface area contributed by atoms with Crippen molar-refractivity contribution in [1.29, 1.82) is 0 Å². The maximum atomic E-state index is 14.0. The van der Waals surface area contributed by atoms with Gasteiger partial charge in [-0.05, 0) is 38.0 Å². The fraction of sp³-hybridized carbons (Fsp3) is 0.429. The van der Waals surface area contributed by atoms with E-state index in [0.29, 0.717) is 31.2 Å². The average molecular weight is 476 g/mol. The van der Waals surface area contributed by atoms with Crippen LogP contribution in [0.25, 0.3) is 10.9 Å². The van der Waals surface area contributed by atoms with Gasteiger partial charge in [0, 0.05) is 35.5 Å². The van der Waals surface area contributed by atoms with Gasteiger partial charge < -0.3 is 24.3 Å². The van der Waals surface area contributed by atoms with E-state index in [9.17, 15) is 9.59 Å². The average Bonchev–Trinajstić information content (AvgIpc) is 3.27. The SMILES string of the molecule is CCCCN1CC(=O)N2CC(c3cccc(OC)c3OCC)c3c([nH]c4ccccc34)[C@@]2(C)C1=O. The summed E-state index contributed by atoms with van der Waals surface area (Å²) in [6, 6.07) is 14.0. The fourth-order valence-corrected chi connectivity index (χ4v) is 5.75. The zero-order valence-electron chi connectivity index (χ0n) is 20.9. The van der Waals surface area contributed by atoms with Crippen molar-refractivity contribution in [3.8, 4) is 11.5 Å². The first-order valence-corrected chi connectivity index (χ1v) is 12.5. The topological polar surface area (TPSA) is 74.9 Å². The third kappa shape index (κ3) is 3.48. The third-order valence-electron chi connectivity index (χ3n) is 7.49. The highest BCUT2D eigenvalue weighted by Gasteiger charge is 2.56. The number of rotatable bonds is 7. The van der Waals surface area contributed by atoms with E-state index in [4.69, 9.17) is 9.47 Å². The maximum Gasteiger partial charge on any atom is 0.254 e. The van der Waals surface area contributed by atoms with Gasteiger partial charge >= 0.3 is 0 Å². The van der Waals surface area contributed by atoms with E-state index >= 15 is 0 Å². The molecule has 1 unspecified atom stereocenters. The molecule has 5 rings (SSSR count). The lowest BCUT2D eigenvalue weighted by molar-refractivity contribution is -0.166. The Bertz CT molecular complexity index is 1280. The number of carbonyl (C=O) groups excluding carboxylic acids is 2. The van der Waals surface area contributed by atoms with Gasteiger partial charge in [-0.1, -0.05) is 43.7 Å². The largest absolute Gasteiger partial charge is 0.493 e. The first kappa shape index (κ1) is 23.3. The summed E-state index contributed by atoms with van der Waals surface area (Å²) in [6.07, 6.45) is 1.84. The van der Waals surface area contributed by atoms with Crippen molar-refractivity contribution in [3.05, 3.63) is 59.3 Å². The molecule has 7 heteroatoms. The number of hydrogen-bond donors (Lipinski definition) is 1. The summed E-state index contributed by atoms with van der Waals surface area (Å²) in [6.45, 7) is 7.53. The zero-order valence-corrected chi connectivity index (χ0v) is 20.9. The normalized spacial score (nSPS) is 21.8. The van der Waals surface area contributed by atoms with Crippen molar-refractivity contribution in [1.82, 2.24) is 14.8 Å². The van der Waals surface area contributed by atoms with Crippen molar-refractivity contribution >= 4 is 22.7 Å². The zero-order chi connectivity index (χ0) is 24.7. The van der Waals surface area contributed by atoms with E-state index in [1.807, 2.05) is 50.2 Å². The Morgan fingerprint density at radius 1 is 1.11 bits per heavy atom. The van der Waals surface area contributed by atoms with Gasteiger partial charge in [0.05, 0.1) is 26.0 Å². The number of benzene rings is 2. The molecule has 3 aromatic rings. The number of aromatic amines is 1. The fourth-order valence-electron chi connectivity index (χ4n) is 5.75. The second-order valence-electron chi connectivity index (χ2n) is 9.48. The number of aromatic nitrogens is 1. The number of piperazine rings is 1. The van der Waals surface area contributed by atoms with E-state index in [1.165, 1.54) is 0 Å². The van der Waals surface area contributed by atoms with Crippen LogP contribution in [0.2, 0.25) is 0 Å². The van der Waals surface area contributed by atoms with Crippen LogP contribution in [0.3, 0.4) is 0 Å². The number of unbranched alkanes of at least 4 members (excludes halogenated alkanes) is 1. The van der Waals surface area contributed by atoms with Crippen LogP contribution in [-0.2, 0) is 15.1 Å². The van der Waals surface area contributed by atoms with Crippen LogP contribution in [0.15, 0.2) is 42.5 Å². The first-order valence-electron chi connectivity index (χ1n) is 12.5. The van der Waals surface area contributed by atoms with E-state index in [0.717, 1.165) is 40.6 Å². The van der Waals surface area contributed by atoms with Gasteiger partial charge in [0.25, 0.3) is 5.91 Å². The number of amides is 2. The Morgan fingerprint density at radius 2 is 1.91 bits per heavy atom. The minimum Gasteiger partial charge on any atom is -0.493 e. The van der Waals surface area contributed by atoms with Crippen LogP contribution in [0.1, 0.15) is 56.4 Å². The molecule has 184 valence electrons. The van der Waals surface area contributed by atoms with Crippen LogP contribution < -0.4 is 9.47 Å². The first-order chi connectivity index (χ1) is 16.9. The van der Waals surface area contributed by atoms with Crippen molar-refractivity contribution in [2.45, 2.75) is 45.1 Å². The molecule has 2 amide bonds. The monoisotopic (exact) mass is 475 g/mol. The molecule has 1 fully saturated rings. The van der Waals surface area contributed by atoms with Gasteiger partial charge in [-0.15, -0.1) is 0 Å². The number of para-hydroxylation sites is 2. The number of ether oxygens (including phenoxy) is 2.